The molecule has 98 valence electrons. The first kappa shape index (κ1) is 13.3. The van der Waals surface area contributed by atoms with Gasteiger partial charge in [0.05, 0.1) is 23.5 Å². The van der Waals surface area contributed by atoms with Crippen molar-refractivity contribution in [3.8, 4) is 6.07 Å². The highest BCUT2D eigenvalue weighted by molar-refractivity contribution is 7.89. The summed E-state index contributed by atoms with van der Waals surface area (Å²) in [4.78, 5) is 0.129. The zero-order valence-corrected chi connectivity index (χ0v) is 11.0. The van der Waals surface area contributed by atoms with Gasteiger partial charge in [-0.05, 0) is 24.6 Å². The maximum atomic E-state index is 12.0. The Bertz CT molecular complexity index is 728. The van der Waals surface area contributed by atoms with Crippen LogP contribution in [0.5, 0.6) is 0 Å². The number of sulfonamides is 1. The molecule has 0 aliphatic heterocycles. The second kappa shape index (κ2) is 5.22. The zero-order valence-electron chi connectivity index (χ0n) is 10.2. The van der Waals surface area contributed by atoms with Gasteiger partial charge in [-0.15, -0.1) is 0 Å². The van der Waals surface area contributed by atoms with Crippen LogP contribution in [-0.2, 0) is 16.6 Å². The number of nitrogens with zero attached hydrogens (tertiary/aromatic N) is 2. The highest BCUT2D eigenvalue weighted by Gasteiger charge is 2.17. The summed E-state index contributed by atoms with van der Waals surface area (Å²) in [5.74, 6) is 0. The quantitative estimate of drug-likeness (QED) is 0.872. The minimum atomic E-state index is -3.59. The van der Waals surface area contributed by atoms with Crippen LogP contribution < -0.4 is 4.72 Å². The van der Waals surface area contributed by atoms with E-state index in [1.165, 1.54) is 6.20 Å². The molecular formula is C12H12N4O2S. The van der Waals surface area contributed by atoms with Crippen molar-refractivity contribution in [2.75, 3.05) is 0 Å². The van der Waals surface area contributed by atoms with E-state index in [1.807, 2.05) is 6.07 Å². The number of aromatic amines is 1. The first-order chi connectivity index (χ1) is 9.03. The maximum absolute atomic E-state index is 12.0. The molecule has 1 aromatic carbocycles. The van der Waals surface area contributed by atoms with Crippen LogP contribution in [0, 0.1) is 18.3 Å². The fourth-order valence-electron chi connectivity index (χ4n) is 1.62. The molecule has 19 heavy (non-hydrogen) atoms. The molecular weight excluding hydrogens is 264 g/mol. The molecule has 0 radical (unpaired) electrons. The molecule has 0 unspecified atom stereocenters. The summed E-state index contributed by atoms with van der Waals surface area (Å²) in [6.45, 7) is 1.76. The van der Waals surface area contributed by atoms with Crippen LogP contribution in [0.25, 0.3) is 0 Å². The number of nitrogens with one attached hydrogen (secondary N) is 2. The molecule has 0 bridgehead atoms. The van der Waals surface area contributed by atoms with Crippen molar-refractivity contribution in [3.05, 3.63) is 47.3 Å². The molecule has 0 aliphatic carbocycles. The molecule has 0 saturated heterocycles. The third-order valence-electron chi connectivity index (χ3n) is 2.60. The minimum Gasteiger partial charge on any atom is -0.281 e. The van der Waals surface area contributed by atoms with Gasteiger partial charge in [0, 0.05) is 6.54 Å². The highest BCUT2D eigenvalue weighted by Crippen LogP contribution is 2.12. The normalized spacial score (nSPS) is 11.2. The Morgan fingerprint density at radius 2 is 2.26 bits per heavy atom. The molecule has 0 amide bonds. The van der Waals surface area contributed by atoms with Gasteiger partial charge >= 0.3 is 0 Å². The molecule has 7 heteroatoms. The smallest absolute Gasteiger partial charge is 0.244 e. The Balaban J connectivity index is 2.15. The summed E-state index contributed by atoms with van der Waals surface area (Å²) in [6.07, 6.45) is 1.27. The summed E-state index contributed by atoms with van der Waals surface area (Å²) in [5.41, 5.74) is 1.71. The lowest BCUT2D eigenvalue weighted by Crippen LogP contribution is -2.23. The van der Waals surface area contributed by atoms with E-state index in [0.29, 0.717) is 11.3 Å². The van der Waals surface area contributed by atoms with Gasteiger partial charge in [0.2, 0.25) is 10.0 Å². The number of aryl methyl sites for hydroxylation is 1. The second-order valence-electron chi connectivity index (χ2n) is 4.00. The van der Waals surface area contributed by atoms with Crippen LogP contribution in [0.1, 0.15) is 16.8 Å². The average Bonchev–Trinajstić information content (AvgIpc) is 2.84. The molecule has 0 atom stereocenters. The Morgan fingerprint density at radius 3 is 2.89 bits per heavy atom. The summed E-state index contributed by atoms with van der Waals surface area (Å²) >= 11 is 0. The van der Waals surface area contributed by atoms with Crippen molar-refractivity contribution in [3.63, 3.8) is 0 Å². The highest BCUT2D eigenvalue weighted by atomic mass is 32.2. The number of benzene rings is 1. The predicted molar refractivity (Wildman–Crippen MR) is 68.5 cm³/mol. The standard InChI is InChI=1S/C12H12N4O2S/c1-9-12(8-14-16-9)19(17,18)15-7-11-4-2-3-10(5-11)6-13/h2-5,8,15H,7H2,1H3,(H,14,16). The Morgan fingerprint density at radius 1 is 1.47 bits per heavy atom. The first-order valence-electron chi connectivity index (χ1n) is 5.51. The van der Waals surface area contributed by atoms with Gasteiger partial charge in [-0.3, -0.25) is 5.10 Å². The number of rotatable bonds is 4. The van der Waals surface area contributed by atoms with Crippen molar-refractivity contribution < 1.29 is 8.42 Å². The Kier molecular flexibility index (Phi) is 3.64. The molecule has 0 fully saturated rings. The van der Waals surface area contributed by atoms with Gasteiger partial charge in [0.15, 0.2) is 0 Å². The summed E-state index contributed by atoms with van der Waals surface area (Å²) in [6, 6.07) is 8.79. The van der Waals surface area contributed by atoms with E-state index >= 15 is 0 Å². The van der Waals surface area contributed by atoms with E-state index < -0.39 is 10.0 Å². The van der Waals surface area contributed by atoms with Gasteiger partial charge in [-0.25, -0.2) is 13.1 Å². The molecule has 0 spiro atoms. The monoisotopic (exact) mass is 276 g/mol. The van der Waals surface area contributed by atoms with Crippen molar-refractivity contribution in [2.24, 2.45) is 0 Å². The van der Waals surface area contributed by atoms with Crippen molar-refractivity contribution in [1.29, 1.82) is 5.26 Å². The van der Waals surface area contributed by atoms with Gasteiger partial charge < -0.3 is 0 Å². The molecule has 0 saturated carbocycles. The lowest BCUT2D eigenvalue weighted by atomic mass is 10.1. The third kappa shape index (κ3) is 2.99. The number of hydrogen-bond acceptors (Lipinski definition) is 4. The average molecular weight is 276 g/mol. The minimum absolute atomic E-state index is 0.127. The van der Waals surface area contributed by atoms with Crippen LogP contribution >= 0.6 is 0 Å². The topological polar surface area (TPSA) is 98.6 Å². The van der Waals surface area contributed by atoms with Gasteiger partial charge in [-0.1, -0.05) is 12.1 Å². The largest absolute Gasteiger partial charge is 0.281 e. The van der Waals surface area contributed by atoms with Crippen molar-refractivity contribution >= 4 is 10.0 Å². The lowest BCUT2D eigenvalue weighted by Gasteiger charge is -2.06. The van der Waals surface area contributed by atoms with E-state index in [0.717, 1.165) is 5.56 Å². The molecule has 2 N–H and O–H groups in total. The van der Waals surface area contributed by atoms with E-state index in [4.69, 9.17) is 5.26 Å². The number of aromatic nitrogens is 2. The summed E-state index contributed by atoms with van der Waals surface area (Å²) < 4.78 is 26.5. The van der Waals surface area contributed by atoms with Gasteiger partial charge in [-0.2, -0.15) is 10.4 Å². The Hall–Kier alpha value is -2.17. The van der Waals surface area contributed by atoms with E-state index in [9.17, 15) is 8.42 Å². The van der Waals surface area contributed by atoms with Crippen LogP contribution in [-0.4, -0.2) is 18.6 Å². The number of nitriles is 1. The van der Waals surface area contributed by atoms with Gasteiger partial charge in [0.1, 0.15) is 4.90 Å². The zero-order chi connectivity index (χ0) is 13.9. The number of H-pyrrole nitrogens is 1. The molecule has 1 heterocycles. The SMILES string of the molecule is Cc1[nH]ncc1S(=O)(=O)NCc1cccc(C#N)c1. The van der Waals surface area contributed by atoms with E-state index in [1.54, 1.807) is 31.2 Å². The fourth-order valence-corrected chi connectivity index (χ4v) is 2.77. The van der Waals surface area contributed by atoms with E-state index in [2.05, 4.69) is 14.9 Å². The van der Waals surface area contributed by atoms with Crippen molar-refractivity contribution in [1.82, 2.24) is 14.9 Å². The van der Waals surface area contributed by atoms with Crippen LogP contribution in [0.3, 0.4) is 0 Å². The predicted octanol–water partition coefficient (Wildman–Crippen LogP) is 1.07. The third-order valence-corrected chi connectivity index (χ3v) is 4.11. The molecule has 6 nitrogen and oxygen atoms in total. The lowest BCUT2D eigenvalue weighted by molar-refractivity contribution is 0.581. The van der Waals surface area contributed by atoms with Crippen LogP contribution in [0.4, 0.5) is 0 Å². The Labute approximate surface area is 111 Å². The van der Waals surface area contributed by atoms with E-state index in [-0.39, 0.29) is 11.4 Å². The van der Waals surface area contributed by atoms with Crippen molar-refractivity contribution in [2.45, 2.75) is 18.4 Å². The second-order valence-corrected chi connectivity index (χ2v) is 5.73. The summed E-state index contributed by atoms with van der Waals surface area (Å²) in [5, 5.41) is 15.0. The molecule has 2 rings (SSSR count). The fraction of sp³-hybridized carbons (Fsp3) is 0.167. The van der Waals surface area contributed by atoms with Crippen LogP contribution in [0.15, 0.2) is 35.4 Å². The molecule has 0 aliphatic rings. The molecule has 2 aromatic rings. The maximum Gasteiger partial charge on any atom is 0.244 e. The van der Waals surface area contributed by atoms with Crippen LogP contribution in [0.2, 0.25) is 0 Å². The van der Waals surface area contributed by atoms with Gasteiger partial charge in [0.25, 0.3) is 0 Å². The molecule has 1 aromatic heterocycles. The first-order valence-corrected chi connectivity index (χ1v) is 7.00. The summed E-state index contributed by atoms with van der Waals surface area (Å²) in [7, 11) is -3.59. The number of hydrogen-bond donors (Lipinski definition) is 2.